The van der Waals surface area contributed by atoms with Crippen molar-refractivity contribution in [3.05, 3.63) is 64.8 Å². The smallest absolute Gasteiger partial charge is 0.745 e. The molecule has 1 aromatic heterocycles. The number of hydrogen-bond donors (Lipinski definition) is 4. The largest absolute Gasteiger partial charge is 1.00 e. The molecule has 1 heterocycles. The molecule has 2 atom stereocenters. The first kappa shape index (κ1) is 27.4. The number of benzene rings is 2. The van der Waals surface area contributed by atoms with E-state index in [-0.39, 0.29) is 64.5 Å². The van der Waals surface area contributed by atoms with Crippen LogP contribution in [0.2, 0.25) is 0 Å². The number of fused-ring (bicyclic) bond motifs is 4. The van der Waals surface area contributed by atoms with Crippen LogP contribution >= 0.6 is 0 Å². The van der Waals surface area contributed by atoms with Gasteiger partial charge in [-0.15, -0.1) is 0 Å². The molecule has 32 heavy (non-hydrogen) atoms. The molecule has 1 aliphatic rings. The Kier molecular flexibility index (Phi) is 7.24. The number of rotatable bonds is 2. The van der Waals surface area contributed by atoms with E-state index in [9.17, 15) is 46.4 Å². The monoisotopic (exact) mass is 499 g/mol. The van der Waals surface area contributed by atoms with Gasteiger partial charge in [0.1, 0.15) is 20.2 Å². The van der Waals surface area contributed by atoms with Crippen LogP contribution in [-0.2, 0) is 30.1 Å². The number of aliphatic hydroxyl groups is 2. The van der Waals surface area contributed by atoms with Crippen LogP contribution in [0.1, 0.15) is 22.3 Å². The molecule has 158 valence electrons. The van der Waals surface area contributed by atoms with Crippen molar-refractivity contribution in [1.82, 2.24) is 4.98 Å². The van der Waals surface area contributed by atoms with Gasteiger partial charge in [0.15, 0.2) is 11.5 Å². The van der Waals surface area contributed by atoms with Crippen molar-refractivity contribution in [3.63, 3.8) is 0 Å². The molecule has 0 radical (unpaired) electrons. The fourth-order valence-corrected chi connectivity index (χ4v) is 5.59. The van der Waals surface area contributed by atoms with E-state index in [0.717, 1.165) is 36.5 Å². The Morgan fingerprint density at radius 2 is 1.22 bits per heavy atom. The quantitative estimate of drug-likeness (QED) is 0.148. The standard InChI is InChI=1S/C17H13NO10S2.2Na/c19-14-8-4-3-7-18-13(8)11-12(15(14)20)17(22,30(26,27)28)10-6-2-1-5-9(10)16(11,21)29(23,24)25;;/h1-7,19-22H,(H,23,24,25)(H,26,27,28);;/q;2*+1/p-2. The summed E-state index contributed by atoms with van der Waals surface area (Å²) in [5, 5.41) is 42.7. The number of aromatic nitrogens is 1. The zero-order chi connectivity index (χ0) is 22.3. The van der Waals surface area contributed by atoms with Crippen molar-refractivity contribution in [2.24, 2.45) is 0 Å². The zero-order valence-electron chi connectivity index (χ0n) is 16.5. The molecule has 2 unspecified atom stereocenters. The Labute approximate surface area is 225 Å². The third kappa shape index (κ3) is 3.35. The maximum absolute atomic E-state index is 12.2. The number of aromatic hydroxyl groups is 2. The van der Waals surface area contributed by atoms with E-state index in [2.05, 4.69) is 4.98 Å². The molecule has 1 aliphatic carbocycles. The normalized spacial score (nSPS) is 22.2. The summed E-state index contributed by atoms with van der Waals surface area (Å²) in [4.78, 5) is -3.44. The van der Waals surface area contributed by atoms with Gasteiger partial charge in [0.05, 0.1) is 11.1 Å². The Bertz CT molecular complexity index is 1460. The molecular weight excluding hydrogens is 488 g/mol. The SMILES string of the molecule is O=S(=O)([O-])C1(O)c2ccccc2C(O)(S(=O)(=O)[O-])c2c1c(O)c(O)c1cccnc21.[Na+].[Na+]. The first-order valence-corrected chi connectivity index (χ1v) is 10.9. The van der Waals surface area contributed by atoms with E-state index in [1.54, 1.807) is 0 Å². The maximum Gasteiger partial charge on any atom is 1.00 e. The molecule has 0 aliphatic heterocycles. The Balaban J connectivity index is 0.00000181. The summed E-state index contributed by atoms with van der Waals surface area (Å²) in [6.45, 7) is 0. The average Bonchev–Trinajstić information content (AvgIpc) is 2.67. The molecule has 15 heteroatoms. The second kappa shape index (κ2) is 8.45. The number of pyridine rings is 1. The summed E-state index contributed by atoms with van der Waals surface area (Å²) in [6.07, 6.45) is 1.06. The minimum atomic E-state index is -5.86. The predicted octanol–water partition coefficient (Wildman–Crippen LogP) is -6.56. The summed E-state index contributed by atoms with van der Waals surface area (Å²) in [7, 11) is -11.7. The van der Waals surface area contributed by atoms with Crippen molar-refractivity contribution in [2.45, 2.75) is 9.87 Å². The zero-order valence-corrected chi connectivity index (χ0v) is 22.2. The maximum atomic E-state index is 12.2. The Morgan fingerprint density at radius 1 is 0.750 bits per heavy atom. The molecule has 0 spiro atoms. The molecule has 4 rings (SSSR count). The van der Waals surface area contributed by atoms with E-state index in [0.29, 0.717) is 0 Å². The summed E-state index contributed by atoms with van der Waals surface area (Å²) >= 11 is 0. The molecule has 3 aromatic rings. The summed E-state index contributed by atoms with van der Waals surface area (Å²) in [6, 6.07) is 6.25. The predicted molar refractivity (Wildman–Crippen MR) is 96.9 cm³/mol. The molecule has 0 saturated carbocycles. The Morgan fingerprint density at radius 3 is 1.69 bits per heavy atom. The molecule has 0 saturated heterocycles. The van der Waals surface area contributed by atoms with Gasteiger partial charge in [0.25, 0.3) is 0 Å². The molecule has 11 nitrogen and oxygen atoms in total. The van der Waals surface area contributed by atoms with Crippen LogP contribution in [0.15, 0.2) is 42.6 Å². The van der Waals surface area contributed by atoms with Crippen molar-refractivity contribution < 1.29 is 105 Å². The fraction of sp³-hybridized carbons (Fsp3) is 0.118. The molecular formula is C17H11NNa2O10S2. The first-order valence-electron chi connectivity index (χ1n) is 8.07. The van der Waals surface area contributed by atoms with Crippen molar-refractivity contribution in [1.29, 1.82) is 0 Å². The second-order valence-electron chi connectivity index (χ2n) is 6.59. The number of phenolic OH excluding ortho intramolecular Hbond substituents is 2. The van der Waals surface area contributed by atoms with Crippen LogP contribution in [-0.4, -0.2) is 51.4 Å². The van der Waals surface area contributed by atoms with Crippen LogP contribution in [0, 0.1) is 0 Å². The van der Waals surface area contributed by atoms with Gasteiger partial charge in [-0.05, 0) is 12.1 Å². The topological polar surface area (TPSA) is 208 Å². The van der Waals surface area contributed by atoms with Gasteiger partial charge in [0, 0.05) is 28.3 Å². The van der Waals surface area contributed by atoms with Gasteiger partial charge in [0.2, 0.25) is 9.87 Å². The van der Waals surface area contributed by atoms with Crippen molar-refractivity contribution in [3.8, 4) is 11.5 Å². The van der Waals surface area contributed by atoms with Crippen molar-refractivity contribution in [2.75, 3.05) is 0 Å². The average molecular weight is 499 g/mol. The van der Waals surface area contributed by atoms with Gasteiger partial charge in [-0.25, -0.2) is 16.8 Å². The van der Waals surface area contributed by atoms with Crippen molar-refractivity contribution >= 4 is 31.1 Å². The summed E-state index contributed by atoms with van der Waals surface area (Å²) in [5.74, 6) is -2.46. The van der Waals surface area contributed by atoms with Crippen LogP contribution in [0.4, 0.5) is 0 Å². The van der Waals surface area contributed by atoms with E-state index in [1.165, 1.54) is 6.07 Å². The van der Waals surface area contributed by atoms with Crippen LogP contribution < -0.4 is 59.1 Å². The second-order valence-corrected chi connectivity index (χ2v) is 9.59. The van der Waals surface area contributed by atoms with Crippen LogP contribution in [0.3, 0.4) is 0 Å². The van der Waals surface area contributed by atoms with E-state index >= 15 is 0 Å². The third-order valence-electron chi connectivity index (χ3n) is 5.07. The van der Waals surface area contributed by atoms with Gasteiger partial charge < -0.3 is 29.5 Å². The van der Waals surface area contributed by atoms with Gasteiger partial charge in [-0.1, -0.05) is 24.3 Å². The van der Waals surface area contributed by atoms with Gasteiger partial charge >= 0.3 is 59.1 Å². The minimum absolute atomic E-state index is 0. The molecule has 0 amide bonds. The third-order valence-corrected chi connectivity index (χ3v) is 7.36. The molecule has 0 fully saturated rings. The first-order chi connectivity index (χ1) is 13.8. The number of hydrogen-bond acceptors (Lipinski definition) is 11. The van der Waals surface area contributed by atoms with Crippen LogP contribution in [0.5, 0.6) is 11.5 Å². The van der Waals surface area contributed by atoms with E-state index in [4.69, 9.17) is 0 Å². The van der Waals surface area contributed by atoms with E-state index in [1.807, 2.05) is 0 Å². The Hall–Kier alpha value is -0.810. The minimum Gasteiger partial charge on any atom is -0.745 e. The molecule has 0 bridgehead atoms. The molecule has 4 N–H and O–H groups in total. The van der Waals surface area contributed by atoms with E-state index < -0.39 is 69.4 Å². The summed E-state index contributed by atoms with van der Waals surface area (Å²) in [5.41, 5.74) is -5.03. The molecule has 2 aromatic carbocycles. The van der Waals surface area contributed by atoms with Gasteiger partial charge in [-0.3, -0.25) is 4.98 Å². The fourth-order valence-electron chi connectivity index (χ4n) is 3.80. The number of phenols is 2. The number of nitrogens with zero attached hydrogens (tertiary/aromatic N) is 1. The van der Waals surface area contributed by atoms with Gasteiger partial charge in [-0.2, -0.15) is 0 Å². The summed E-state index contributed by atoms with van der Waals surface area (Å²) < 4.78 is 73.2. The van der Waals surface area contributed by atoms with Crippen LogP contribution in [0.25, 0.3) is 10.9 Å².